The molecule has 0 N–H and O–H groups in total. The maximum absolute atomic E-state index is 3.87. The number of aromatic nitrogens is 16. The zero-order chi connectivity index (χ0) is 63.8. The fraction of sp³-hybridized carbons (Fsp3) is 0.476. The zero-order valence-corrected chi connectivity index (χ0v) is 57.0. The van der Waals surface area contributed by atoms with E-state index < -0.39 is 0 Å². The standard InChI is InChI=1S/3C7H10N.2C5H6N2.C4H6N2.C4H5NS.2C3H5N3.9C2H6/c1-7-3-5-8(2)6-4-7;1-7-4-3-5-8(2)6-7;1-7-5-3-4-6-8(7)2;1-5-2-3-6-4-7-5;1-5-6-3-2-4-7-5;1-6-3-2-5-4-6;1-4-2-5-3-6-4;1-6-2-4-5-3-6;1-6-3-4-2-5-6;9*1-2/h3*3-6H,1-2H3;2*2-4H,1H3;2-4H,1H3;3*2-3H,1H3;9*1-2H3/q3*+1;;;;;;;;;;;;;;;. The smallest absolute Gasteiger partial charge is 0.177 e. The summed E-state index contributed by atoms with van der Waals surface area (Å²) in [6, 6.07) is 18.1. The number of aryl methyl sites for hydroxylation is 12. The minimum Gasteiger partial charge on any atom is -0.341 e. The second-order valence-corrected chi connectivity index (χ2v) is 14.3. The molecule has 0 fully saturated rings. The molecule has 0 aromatic carbocycles. The van der Waals surface area contributed by atoms with E-state index in [0.717, 1.165) is 11.5 Å². The van der Waals surface area contributed by atoms with Crippen LogP contribution in [0.5, 0.6) is 0 Å². The highest BCUT2D eigenvalue weighted by Gasteiger charge is 1.92. The van der Waals surface area contributed by atoms with Crippen LogP contribution in [0.3, 0.4) is 0 Å². The maximum Gasteiger partial charge on any atom is 0.177 e. The average Bonchev–Trinajstić information content (AvgIpc) is 4.40. The Morgan fingerprint density at radius 2 is 0.988 bits per heavy atom. The van der Waals surface area contributed by atoms with Crippen LogP contribution in [0.4, 0.5) is 0 Å². The lowest BCUT2D eigenvalue weighted by Crippen LogP contribution is -2.30. The summed E-state index contributed by atoms with van der Waals surface area (Å²) in [7, 11) is 11.7. The molecule has 9 heterocycles. The van der Waals surface area contributed by atoms with Crippen molar-refractivity contribution in [3.05, 3.63) is 199 Å². The third-order valence-corrected chi connectivity index (χ3v) is 7.94. The van der Waals surface area contributed by atoms with Crippen LogP contribution in [0, 0.1) is 41.5 Å². The molecule has 0 spiro atoms. The molecule has 0 saturated carbocycles. The van der Waals surface area contributed by atoms with E-state index >= 15 is 0 Å². The number of hydrogen-bond acceptors (Lipinski definition) is 11. The SMILES string of the molecule is CC.CC.CC.CC.CC.CC.CC.CC.CC.Cc1cc[n+](C)cc1.Cc1ccc[n+](C)c1.Cc1cccc[n+]1C.Cc1ccncn1.Cc1cncs1.Cc1ncccn1.Cn1ccnc1.Cn1cncn1.Cn1cnnc1. The van der Waals surface area contributed by atoms with Crippen LogP contribution >= 0.6 is 11.3 Å². The minimum absolute atomic E-state index is 0.822. The molecule has 0 amide bonds. The van der Waals surface area contributed by atoms with E-state index in [0.29, 0.717) is 0 Å². The van der Waals surface area contributed by atoms with Gasteiger partial charge in [0.05, 0.1) is 11.8 Å². The fourth-order valence-electron chi connectivity index (χ4n) is 3.78. The minimum atomic E-state index is 0.822. The monoisotopic (exact) mass is 1130 g/mol. The van der Waals surface area contributed by atoms with Gasteiger partial charge < -0.3 is 9.13 Å². The van der Waals surface area contributed by atoms with Gasteiger partial charge in [0.1, 0.15) is 58.6 Å². The third-order valence-electron chi connectivity index (χ3n) is 7.23. The van der Waals surface area contributed by atoms with Gasteiger partial charge in [-0.05, 0) is 58.4 Å². The largest absolute Gasteiger partial charge is 0.341 e. The highest BCUT2D eigenvalue weighted by molar-refractivity contribution is 7.09. The number of nitrogens with zero attached hydrogens (tertiary/aromatic N) is 16. The Labute approximate surface area is 494 Å². The lowest BCUT2D eigenvalue weighted by molar-refractivity contribution is -0.677. The van der Waals surface area contributed by atoms with Crippen LogP contribution in [0.15, 0.2) is 166 Å². The number of pyridine rings is 3. The van der Waals surface area contributed by atoms with Crippen molar-refractivity contribution in [3.8, 4) is 0 Å². The molecule has 80 heavy (non-hydrogen) atoms. The van der Waals surface area contributed by atoms with E-state index in [4.69, 9.17) is 0 Å². The highest BCUT2D eigenvalue weighted by atomic mass is 32.1. The van der Waals surface area contributed by atoms with Gasteiger partial charge in [0.2, 0.25) is 0 Å². The van der Waals surface area contributed by atoms with Crippen molar-refractivity contribution < 1.29 is 13.7 Å². The van der Waals surface area contributed by atoms with Gasteiger partial charge in [-0.2, -0.15) is 5.10 Å². The molecule has 0 unspecified atom stereocenters. The molecule has 9 aromatic heterocycles. The van der Waals surface area contributed by atoms with Crippen LogP contribution in [0.25, 0.3) is 0 Å². The van der Waals surface area contributed by atoms with Gasteiger partial charge in [0.25, 0.3) is 0 Å². The van der Waals surface area contributed by atoms with Gasteiger partial charge in [0, 0.05) is 112 Å². The molecular weight excluding hydrogens is 1010 g/mol. The molecule has 9 aromatic rings. The predicted octanol–water partition coefficient (Wildman–Crippen LogP) is 14.8. The molecule has 0 aliphatic rings. The van der Waals surface area contributed by atoms with E-state index in [1.165, 1.54) is 34.4 Å². The molecule has 0 aliphatic heterocycles. The third kappa shape index (κ3) is 75.0. The van der Waals surface area contributed by atoms with Crippen molar-refractivity contribution in [3.63, 3.8) is 0 Å². The topological polar surface area (TPSA) is 155 Å². The van der Waals surface area contributed by atoms with E-state index in [2.05, 4.69) is 106 Å². The number of thiazole rings is 1. The summed E-state index contributed by atoms with van der Waals surface area (Å²) in [6.45, 7) is 48.1. The molecule has 17 heteroatoms. The van der Waals surface area contributed by atoms with Crippen LogP contribution in [-0.4, -0.2) is 64.0 Å². The molecule has 0 radical (unpaired) electrons. The van der Waals surface area contributed by atoms with Crippen molar-refractivity contribution in [1.82, 2.24) is 64.0 Å². The van der Waals surface area contributed by atoms with Gasteiger partial charge in [-0.1, -0.05) is 131 Å². The Hall–Kier alpha value is -7.27. The normalized spacial score (nSPS) is 7.62. The van der Waals surface area contributed by atoms with Gasteiger partial charge in [-0.15, -0.1) is 21.5 Å². The second kappa shape index (κ2) is 80.6. The summed E-state index contributed by atoms with van der Waals surface area (Å²) in [4.78, 5) is 27.9. The van der Waals surface area contributed by atoms with E-state index in [1.807, 2.05) is 268 Å². The zero-order valence-electron chi connectivity index (χ0n) is 56.2. The first-order valence-electron chi connectivity index (χ1n) is 28.3. The van der Waals surface area contributed by atoms with E-state index in [1.54, 1.807) is 76.7 Å². The fourth-order valence-corrected chi connectivity index (χ4v) is 4.19. The van der Waals surface area contributed by atoms with Gasteiger partial charge >= 0.3 is 0 Å². The summed E-state index contributed by atoms with van der Waals surface area (Å²) in [5, 5.41) is 10.8. The molecule has 9 rings (SSSR count). The van der Waals surface area contributed by atoms with E-state index in [-0.39, 0.29) is 0 Å². The Balaban J connectivity index is -0.0000000979. The van der Waals surface area contributed by atoms with Gasteiger partial charge in [-0.3, -0.25) is 9.67 Å². The summed E-state index contributed by atoms with van der Waals surface area (Å²) in [6.07, 6.45) is 30.6. The Morgan fingerprint density at radius 1 is 0.438 bits per heavy atom. The van der Waals surface area contributed by atoms with Crippen LogP contribution < -0.4 is 13.7 Å². The summed E-state index contributed by atoms with van der Waals surface area (Å²) in [5.74, 6) is 0.822. The van der Waals surface area contributed by atoms with Crippen LogP contribution in [0.2, 0.25) is 0 Å². The maximum atomic E-state index is 3.87. The first-order chi connectivity index (χ1) is 38.7. The first-order valence-corrected chi connectivity index (χ1v) is 29.2. The Kier molecular flexibility index (Phi) is 92.8. The van der Waals surface area contributed by atoms with Crippen molar-refractivity contribution in [1.29, 1.82) is 0 Å². The molecule has 0 saturated heterocycles. The first kappa shape index (κ1) is 92.1. The summed E-state index contributed by atoms with van der Waals surface area (Å²) >= 11 is 1.67. The van der Waals surface area contributed by atoms with E-state index in [9.17, 15) is 0 Å². The number of hydrogen-bond donors (Lipinski definition) is 0. The van der Waals surface area contributed by atoms with Crippen LogP contribution in [0.1, 0.15) is 158 Å². The van der Waals surface area contributed by atoms with Gasteiger partial charge in [-0.25, -0.2) is 43.6 Å². The Bertz CT molecular complexity index is 2080. The predicted molar refractivity (Wildman–Crippen MR) is 345 cm³/mol. The Morgan fingerprint density at radius 3 is 1.20 bits per heavy atom. The molecular formula is C63H117N16S+3. The lowest BCUT2D eigenvalue weighted by Gasteiger charge is -1.87. The molecule has 452 valence electrons. The summed E-state index contributed by atoms with van der Waals surface area (Å²) < 4.78 is 11.4. The number of rotatable bonds is 0. The lowest BCUT2D eigenvalue weighted by atomic mass is 10.3. The molecule has 0 bridgehead atoms. The quantitative estimate of drug-likeness (QED) is 0.134. The van der Waals surface area contributed by atoms with Crippen molar-refractivity contribution in [2.24, 2.45) is 42.3 Å². The molecule has 0 atom stereocenters. The van der Waals surface area contributed by atoms with Crippen LogP contribution in [-0.2, 0) is 42.3 Å². The molecule has 0 aliphatic carbocycles. The average molecular weight is 1130 g/mol. The number of imidazole rings is 1. The second-order valence-electron chi connectivity index (χ2n) is 13.2. The summed E-state index contributed by atoms with van der Waals surface area (Å²) in [5.41, 5.74) is 6.73. The van der Waals surface area contributed by atoms with Crippen molar-refractivity contribution >= 4 is 11.3 Å². The molecule has 16 nitrogen and oxygen atoms in total. The van der Waals surface area contributed by atoms with Crippen molar-refractivity contribution in [2.75, 3.05) is 0 Å². The van der Waals surface area contributed by atoms with Crippen molar-refractivity contribution in [2.45, 2.75) is 166 Å². The van der Waals surface area contributed by atoms with Gasteiger partial charge in [0.15, 0.2) is 36.7 Å². The highest BCUT2D eigenvalue weighted by Crippen LogP contribution is 1.99.